The first-order valence-electron chi connectivity index (χ1n) is 24.5. The minimum atomic E-state index is -4.59. The molecule has 1 spiro atoms. The molecule has 1 amide bonds. The van der Waals surface area contributed by atoms with Crippen molar-refractivity contribution in [2.24, 2.45) is 11.3 Å². The van der Waals surface area contributed by atoms with Crippen LogP contribution in [-0.4, -0.2) is 105 Å². The molecule has 3 N–H and O–H groups in total. The molecule has 0 radical (unpaired) electrons. The average molecular weight is 980 g/mol. The highest BCUT2D eigenvalue weighted by molar-refractivity contribution is 7.90. The van der Waals surface area contributed by atoms with Gasteiger partial charge in [-0.2, -0.15) is 4.98 Å². The zero-order chi connectivity index (χ0) is 47.6. The first-order valence-corrected chi connectivity index (χ1v) is 26.3. The number of amides is 1. The van der Waals surface area contributed by atoms with Gasteiger partial charge in [0.05, 0.1) is 40.3 Å². The molecule has 7 heterocycles. The van der Waals surface area contributed by atoms with Crippen molar-refractivity contribution in [3.8, 4) is 5.88 Å². The molecule has 4 saturated heterocycles. The Labute approximate surface area is 407 Å². The number of fused-ring (bicyclic) bond motifs is 3. The van der Waals surface area contributed by atoms with Crippen molar-refractivity contribution in [1.82, 2.24) is 19.6 Å². The summed E-state index contributed by atoms with van der Waals surface area (Å²) < 4.78 is 48.3. The lowest BCUT2D eigenvalue weighted by Gasteiger charge is -2.56. The fourth-order valence-electron chi connectivity index (χ4n) is 12.1. The van der Waals surface area contributed by atoms with Gasteiger partial charge in [-0.25, -0.2) is 13.1 Å². The first kappa shape index (κ1) is 46.0. The van der Waals surface area contributed by atoms with Crippen LogP contribution in [0.4, 0.5) is 28.4 Å². The third kappa shape index (κ3) is 8.68. The number of likely N-dealkylation sites (tertiary alicyclic amines) is 1. The van der Waals surface area contributed by atoms with Crippen LogP contribution in [0.5, 0.6) is 5.88 Å². The standard InChI is InChI=1S/C51H59ClN8O8S/c1-31(2)47-37(5-3-6-39(47)52)41-7-4-18-58(41)35-26-51(27-35)15-19-57(20-16-51)34-8-10-38(42(24-34)59-44-23-33-12-17-53-48(33)55-50(44)68-46-30-67-29-45(46)59)49(61)56-69(64,65)36-9-11-40(43(25-36)60(62)63)54-28-32-13-21-66-22-14-32/h3,5-6,8-12,17,23-25,31-32,35,41,45-46,54H,4,7,13-16,18-22,26-30H2,1-2H3,(H,53,55)(H,56,61)/t41-,45+,46+/m0/s1. The second kappa shape index (κ2) is 18.4. The first-order chi connectivity index (χ1) is 33.3. The molecule has 5 fully saturated rings. The summed E-state index contributed by atoms with van der Waals surface area (Å²) in [6.45, 7) is 9.59. The molecule has 364 valence electrons. The lowest BCUT2D eigenvalue weighted by atomic mass is 9.59. The highest BCUT2D eigenvalue weighted by Crippen LogP contribution is 2.55. The number of hydrogen-bond acceptors (Lipinski definition) is 13. The Kier molecular flexibility index (Phi) is 12.2. The predicted molar refractivity (Wildman–Crippen MR) is 265 cm³/mol. The molecule has 18 heteroatoms. The molecule has 69 heavy (non-hydrogen) atoms. The lowest BCUT2D eigenvalue weighted by Crippen LogP contribution is -2.55. The van der Waals surface area contributed by atoms with Crippen LogP contribution in [-0.2, 0) is 19.5 Å². The van der Waals surface area contributed by atoms with E-state index in [2.05, 4.69) is 50.8 Å². The van der Waals surface area contributed by atoms with E-state index in [0.29, 0.717) is 73.9 Å². The molecular formula is C51H59ClN8O8S. The summed E-state index contributed by atoms with van der Waals surface area (Å²) in [5.74, 6) is 0.115. The summed E-state index contributed by atoms with van der Waals surface area (Å²) in [7, 11) is -4.59. The lowest BCUT2D eigenvalue weighted by molar-refractivity contribution is -0.384. The van der Waals surface area contributed by atoms with Gasteiger partial charge in [0, 0.05) is 73.3 Å². The molecule has 3 atom stereocenters. The highest BCUT2D eigenvalue weighted by Gasteiger charge is 2.50. The number of sulfonamides is 1. The third-order valence-electron chi connectivity index (χ3n) is 15.8. The highest BCUT2D eigenvalue weighted by atomic mass is 35.5. The minimum Gasteiger partial charge on any atom is -0.468 e. The van der Waals surface area contributed by atoms with Gasteiger partial charge in [0.1, 0.15) is 23.1 Å². The van der Waals surface area contributed by atoms with Gasteiger partial charge in [-0.05, 0) is 135 Å². The molecule has 5 aromatic rings. The van der Waals surface area contributed by atoms with Crippen molar-refractivity contribution in [3.63, 3.8) is 0 Å². The largest absolute Gasteiger partial charge is 0.468 e. The Balaban J connectivity index is 0.864. The normalized spacial score (nSPS) is 22.9. The number of pyridine rings is 1. The van der Waals surface area contributed by atoms with E-state index in [1.165, 1.54) is 42.5 Å². The number of hydrogen-bond donors (Lipinski definition) is 3. The summed E-state index contributed by atoms with van der Waals surface area (Å²) in [5.41, 5.74) is 5.50. The van der Waals surface area contributed by atoms with Gasteiger partial charge < -0.3 is 34.3 Å². The van der Waals surface area contributed by atoms with Gasteiger partial charge in [0.25, 0.3) is 21.6 Å². The molecule has 6 aliphatic rings. The number of carbonyl (C=O) groups is 1. The molecule has 1 aliphatic carbocycles. The average Bonchev–Trinajstić information content (AvgIpc) is 4.13. The zero-order valence-corrected chi connectivity index (χ0v) is 40.6. The molecule has 3 aromatic carbocycles. The zero-order valence-electron chi connectivity index (χ0n) is 39.0. The molecule has 2 aromatic heterocycles. The van der Waals surface area contributed by atoms with E-state index in [1.54, 1.807) is 12.3 Å². The van der Waals surface area contributed by atoms with Gasteiger partial charge in [-0.1, -0.05) is 37.6 Å². The topological polar surface area (TPSA) is 184 Å². The fraction of sp³-hybridized carbons (Fsp3) is 0.490. The van der Waals surface area contributed by atoms with Crippen LogP contribution in [0.2, 0.25) is 5.02 Å². The summed E-state index contributed by atoms with van der Waals surface area (Å²) in [4.78, 5) is 41.0. The number of nitro benzene ring substituents is 1. The number of nitro groups is 1. The van der Waals surface area contributed by atoms with E-state index in [9.17, 15) is 23.3 Å². The van der Waals surface area contributed by atoms with Crippen LogP contribution in [0.15, 0.2) is 77.8 Å². The summed E-state index contributed by atoms with van der Waals surface area (Å²) in [6.07, 6.45) is 9.79. The van der Waals surface area contributed by atoms with Crippen LogP contribution < -0.4 is 24.6 Å². The van der Waals surface area contributed by atoms with Gasteiger partial charge in [0.15, 0.2) is 0 Å². The predicted octanol–water partition coefficient (Wildman–Crippen LogP) is 9.09. The SMILES string of the molecule is CC(C)c1c(Cl)cccc1[C@@H]1CCCN1C1CC2(CCN(c3ccc(C(=O)NS(=O)(=O)c4ccc(NCC5CCOCC5)c([N+](=O)[O-])c4)c(N4c5cc6cc[nH]c6nc5O[C@@H]5COC[C@H]54)c3)CC2)C1. The Morgan fingerprint density at radius 1 is 0.986 bits per heavy atom. The summed E-state index contributed by atoms with van der Waals surface area (Å²) in [6, 6.07) is 20.1. The summed E-state index contributed by atoms with van der Waals surface area (Å²) in [5, 5.41) is 17.1. The Morgan fingerprint density at radius 2 is 1.80 bits per heavy atom. The summed E-state index contributed by atoms with van der Waals surface area (Å²) >= 11 is 6.78. The second-order valence-electron chi connectivity index (χ2n) is 20.2. The van der Waals surface area contributed by atoms with Crippen LogP contribution in [0.1, 0.15) is 98.7 Å². The fourth-order valence-corrected chi connectivity index (χ4v) is 13.5. The number of anilines is 4. The van der Waals surface area contributed by atoms with Gasteiger partial charge in [-0.3, -0.25) is 19.8 Å². The van der Waals surface area contributed by atoms with Gasteiger partial charge in [-0.15, -0.1) is 0 Å². The van der Waals surface area contributed by atoms with Crippen molar-refractivity contribution in [3.05, 3.63) is 105 Å². The Bertz CT molecular complexity index is 2890. The molecule has 0 bridgehead atoms. The van der Waals surface area contributed by atoms with Crippen molar-refractivity contribution >= 4 is 67.0 Å². The van der Waals surface area contributed by atoms with Crippen molar-refractivity contribution in [1.29, 1.82) is 0 Å². The van der Waals surface area contributed by atoms with Crippen LogP contribution >= 0.6 is 11.6 Å². The van der Waals surface area contributed by atoms with E-state index in [0.717, 1.165) is 73.9 Å². The van der Waals surface area contributed by atoms with E-state index in [-0.39, 0.29) is 28.6 Å². The van der Waals surface area contributed by atoms with E-state index in [1.807, 2.05) is 35.2 Å². The van der Waals surface area contributed by atoms with Gasteiger partial charge in [0.2, 0.25) is 5.88 Å². The van der Waals surface area contributed by atoms with Crippen LogP contribution in [0, 0.1) is 21.4 Å². The molecule has 11 rings (SSSR count). The van der Waals surface area contributed by atoms with Crippen molar-refractivity contribution in [2.45, 2.75) is 100 Å². The number of nitrogens with one attached hydrogen (secondary N) is 3. The number of aromatic amines is 1. The second-order valence-corrected chi connectivity index (χ2v) is 22.3. The number of carbonyl (C=O) groups excluding carboxylic acids is 1. The number of benzene rings is 3. The van der Waals surface area contributed by atoms with Crippen LogP contribution in [0.3, 0.4) is 0 Å². The maximum atomic E-state index is 14.6. The number of ether oxygens (including phenoxy) is 3. The number of aromatic nitrogens is 2. The molecule has 16 nitrogen and oxygen atoms in total. The maximum Gasteiger partial charge on any atom is 0.293 e. The van der Waals surface area contributed by atoms with E-state index < -0.39 is 37.5 Å². The maximum absolute atomic E-state index is 14.6. The number of H-pyrrole nitrogens is 1. The van der Waals surface area contributed by atoms with Crippen molar-refractivity contribution in [2.75, 3.05) is 67.7 Å². The number of nitrogens with zero attached hydrogens (tertiary/aromatic N) is 5. The van der Waals surface area contributed by atoms with E-state index >= 15 is 0 Å². The number of piperidine rings is 1. The molecular weight excluding hydrogens is 920 g/mol. The Hall–Kier alpha value is -5.46. The third-order valence-corrected chi connectivity index (χ3v) is 17.4. The minimum absolute atomic E-state index is 0.107. The van der Waals surface area contributed by atoms with Gasteiger partial charge >= 0.3 is 0 Å². The van der Waals surface area contributed by atoms with Crippen LogP contribution in [0.25, 0.3) is 11.0 Å². The smallest absolute Gasteiger partial charge is 0.293 e. The number of rotatable bonds is 12. The molecule has 5 aliphatic heterocycles. The molecule has 1 saturated carbocycles. The quantitative estimate of drug-likeness (QED) is 0.0796. The van der Waals surface area contributed by atoms with Crippen molar-refractivity contribution < 1.29 is 32.3 Å². The van der Waals surface area contributed by atoms with E-state index in [4.69, 9.17) is 30.8 Å². The number of halogens is 1. The molecule has 0 unspecified atom stereocenters. The monoisotopic (exact) mass is 978 g/mol. The Morgan fingerprint density at radius 3 is 2.58 bits per heavy atom.